The molecule has 1 amide bonds. The Balaban J connectivity index is 2.19. The number of benzene rings is 1. The summed E-state index contributed by atoms with van der Waals surface area (Å²) in [6.45, 7) is 4.12. The highest BCUT2D eigenvalue weighted by Gasteiger charge is 2.38. The summed E-state index contributed by atoms with van der Waals surface area (Å²) >= 11 is 11.3. The molecule has 0 heterocycles. The minimum atomic E-state index is -0.559. The Kier molecular flexibility index (Phi) is 4.89. The molecule has 1 fully saturated rings. The molecule has 0 radical (unpaired) electrons. The van der Waals surface area contributed by atoms with Crippen LogP contribution in [0.4, 0.5) is 0 Å². The van der Waals surface area contributed by atoms with E-state index < -0.39 is 5.54 Å². The largest absolute Gasteiger partial charge is 0.391 e. The molecular weight excluding hydrogens is 304 g/mol. The Morgan fingerprint density at radius 1 is 1.43 bits per heavy atom. The van der Waals surface area contributed by atoms with Crippen LogP contribution in [0.3, 0.4) is 0 Å². The number of rotatable bonds is 3. The molecule has 1 aromatic carbocycles. The summed E-state index contributed by atoms with van der Waals surface area (Å²) in [6.07, 6.45) is 3.64. The quantitative estimate of drug-likeness (QED) is 0.835. The molecule has 1 aliphatic carbocycles. The van der Waals surface area contributed by atoms with Crippen LogP contribution in [0.15, 0.2) is 18.2 Å². The minimum Gasteiger partial charge on any atom is -0.391 e. The fraction of sp³-hybridized carbons (Fsp3) is 0.500. The van der Waals surface area contributed by atoms with Gasteiger partial charge in [0.25, 0.3) is 5.91 Å². The highest BCUT2D eigenvalue weighted by Crippen LogP contribution is 2.32. The molecule has 114 valence electrons. The number of nitrogens with two attached hydrogens (primary N) is 1. The van der Waals surface area contributed by atoms with E-state index in [1.54, 1.807) is 12.1 Å². The van der Waals surface area contributed by atoms with Crippen molar-refractivity contribution in [2.24, 2.45) is 11.7 Å². The van der Waals surface area contributed by atoms with Crippen molar-refractivity contribution in [2.45, 2.75) is 45.1 Å². The predicted octanol–water partition coefficient (Wildman–Crippen LogP) is 3.61. The number of nitrogens with one attached hydrogen (secondary N) is 1. The Labute approximate surface area is 136 Å². The molecule has 0 bridgehead atoms. The topological polar surface area (TPSA) is 55.1 Å². The third-order valence-corrected chi connectivity index (χ3v) is 5.18. The van der Waals surface area contributed by atoms with E-state index in [9.17, 15) is 4.79 Å². The molecule has 0 atom stereocenters. The van der Waals surface area contributed by atoms with E-state index in [1.165, 1.54) is 0 Å². The summed E-state index contributed by atoms with van der Waals surface area (Å²) in [6, 6.07) is 5.30. The zero-order chi connectivity index (χ0) is 15.6. The molecular formula is C16H21ClN2OS. The zero-order valence-corrected chi connectivity index (χ0v) is 14.0. The number of thiocarbonyl (C=S) groups is 1. The average molecular weight is 325 g/mol. The summed E-state index contributed by atoms with van der Waals surface area (Å²) in [5.41, 5.74) is 6.85. The third-order valence-electron chi connectivity index (χ3n) is 4.39. The van der Waals surface area contributed by atoms with Crippen molar-refractivity contribution in [1.29, 1.82) is 0 Å². The maximum absolute atomic E-state index is 12.5. The van der Waals surface area contributed by atoms with Gasteiger partial charge >= 0.3 is 0 Å². The SMILES string of the molecule is Cc1ccc(C(=O)NC2(C(N)=S)CCC(C)CC2)cc1Cl. The molecule has 5 heteroatoms. The lowest BCUT2D eigenvalue weighted by molar-refractivity contribution is 0.0900. The molecule has 1 aromatic rings. The Morgan fingerprint density at radius 3 is 2.57 bits per heavy atom. The normalized spacial score (nSPS) is 25.4. The average Bonchev–Trinajstić information content (AvgIpc) is 2.44. The van der Waals surface area contributed by atoms with E-state index in [1.807, 2.05) is 13.0 Å². The molecule has 1 saturated carbocycles. The molecule has 1 aliphatic rings. The van der Waals surface area contributed by atoms with Gasteiger partial charge < -0.3 is 11.1 Å². The van der Waals surface area contributed by atoms with E-state index in [0.717, 1.165) is 31.2 Å². The van der Waals surface area contributed by atoms with Crippen molar-refractivity contribution in [3.8, 4) is 0 Å². The van der Waals surface area contributed by atoms with Crippen LogP contribution in [0, 0.1) is 12.8 Å². The van der Waals surface area contributed by atoms with Gasteiger partial charge in [-0.15, -0.1) is 0 Å². The van der Waals surface area contributed by atoms with Crippen LogP contribution in [-0.2, 0) is 0 Å². The van der Waals surface area contributed by atoms with E-state index in [0.29, 0.717) is 21.5 Å². The molecule has 0 spiro atoms. The van der Waals surface area contributed by atoms with E-state index >= 15 is 0 Å². The van der Waals surface area contributed by atoms with Crippen molar-refractivity contribution in [3.63, 3.8) is 0 Å². The number of carbonyl (C=O) groups is 1. The van der Waals surface area contributed by atoms with Crippen LogP contribution >= 0.6 is 23.8 Å². The second-order valence-corrected chi connectivity index (χ2v) is 6.89. The van der Waals surface area contributed by atoms with Gasteiger partial charge in [0.2, 0.25) is 0 Å². The van der Waals surface area contributed by atoms with Gasteiger partial charge in [-0.25, -0.2) is 0 Å². The Bertz CT molecular complexity index is 565. The minimum absolute atomic E-state index is 0.167. The van der Waals surface area contributed by atoms with Crippen LogP contribution in [0.5, 0.6) is 0 Å². The first-order valence-corrected chi connectivity index (χ1v) is 8.01. The first-order valence-electron chi connectivity index (χ1n) is 7.22. The van der Waals surface area contributed by atoms with Gasteiger partial charge in [-0.2, -0.15) is 0 Å². The molecule has 0 aliphatic heterocycles. The van der Waals surface area contributed by atoms with Gasteiger partial charge in [0.1, 0.15) is 0 Å². The molecule has 0 saturated heterocycles. The van der Waals surface area contributed by atoms with Gasteiger partial charge in [0, 0.05) is 10.6 Å². The third kappa shape index (κ3) is 3.55. The molecule has 21 heavy (non-hydrogen) atoms. The molecule has 3 nitrogen and oxygen atoms in total. The lowest BCUT2D eigenvalue weighted by Gasteiger charge is -2.39. The summed E-state index contributed by atoms with van der Waals surface area (Å²) in [5.74, 6) is 0.484. The zero-order valence-electron chi connectivity index (χ0n) is 12.4. The maximum Gasteiger partial charge on any atom is 0.252 e. The number of hydrogen-bond acceptors (Lipinski definition) is 2. The van der Waals surface area contributed by atoms with Crippen molar-refractivity contribution in [1.82, 2.24) is 5.32 Å². The van der Waals surface area contributed by atoms with Gasteiger partial charge in [-0.3, -0.25) is 4.79 Å². The molecule has 3 N–H and O–H groups in total. The molecule has 2 rings (SSSR count). The van der Waals surface area contributed by atoms with Crippen molar-refractivity contribution < 1.29 is 4.79 Å². The first kappa shape index (κ1) is 16.2. The number of carbonyl (C=O) groups excluding carboxylic acids is 1. The van der Waals surface area contributed by atoms with Crippen LogP contribution in [-0.4, -0.2) is 16.4 Å². The first-order chi connectivity index (χ1) is 9.84. The van der Waals surface area contributed by atoms with Crippen molar-refractivity contribution in [3.05, 3.63) is 34.3 Å². The predicted molar refractivity (Wildman–Crippen MR) is 90.8 cm³/mol. The van der Waals surface area contributed by atoms with E-state index in [4.69, 9.17) is 29.6 Å². The van der Waals surface area contributed by atoms with E-state index in [-0.39, 0.29) is 5.91 Å². The Hall–Kier alpha value is -1.13. The summed E-state index contributed by atoms with van der Waals surface area (Å²) < 4.78 is 0. The monoisotopic (exact) mass is 324 g/mol. The lowest BCUT2D eigenvalue weighted by Crippen LogP contribution is -2.58. The number of amides is 1. The lowest BCUT2D eigenvalue weighted by atomic mass is 9.77. The second kappa shape index (κ2) is 6.32. The van der Waals surface area contributed by atoms with Gasteiger partial charge in [-0.1, -0.05) is 36.8 Å². The summed E-state index contributed by atoms with van der Waals surface area (Å²) in [4.78, 5) is 12.9. The van der Waals surface area contributed by atoms with Gasteiger partial charge in [0.15, 0.2) is 0 Å². The van der Waals surface area contributed by atoms with Crippen LogP contribution in [0.2, 0.25) is 5.02 Å². The number of hydrogen-bond donors (Lipinski definition) is 2. The summed E-state index contributed by atoms with van der Waals surface area (Å²) in [5, 5.41) is 3.64. The summed E-state index contributed by atoms with van der Waals surface area (Å²) in [7, 11) is 0. The van der Waals surface area contributed by atoms with E-state index in [2.05, 4.69) is 12.2 Å². The van der Waals surface area contributed by atoms with Gasteiger partial charge in [-0.05, 0) is 56.2 Å². The number of halogens is 1. The second-order valence-electron chi connectivity index (χ2n) is 6.05. The highest BCUT2D eigenvalue weighted by molar-refractivity contribution is 7.80. The van der Waals surface area contributed by atoms with Crippen LogP contribution in [0.1, 0.15) is 48.5 Å². The van der Waals surface area contributed by atoms with Crippen LogP contribution in [0.25, 0.3) is 0 Å². The fourth-order valence-electron chi connectivity index (χ4n) is 2.71. The standard InChI is InChI=1S/C16H21ClN2OS/c1-10-5-7-16(8-6-10,15(18)21)19-14(20)12-4-3-11(2)13(17)9-12/h3-4,9-10H,5-8H2,1-2H3,(H2,18,21)(H,19,20). The maximum atomic E-state index is 12.5. The van der Waals surface area contributed by atoms with Crippen molar-refractivity contribution >= 4 is 34.7 Å². The Morgan fingerprint density at radius 2 is 2.05 bits per heavy atom. The highest BCUT2D eigenvalue weighted by atomic mass is 35.5. The van der Waals surface area contributed by atoms with Crippen LogP contribution < -0.4 is 11.1 Å². The molecule has 0 aromatic heterocycles. The number of aryl methyl sites for hydroxylation is 1. The fourth-order valence-corrected chi connectivity index (χ4v) is 3.15. The molecule has 0 unspecified atom stereocenters. The smallest absolute Gasteiger partial charge is 0.252 e. The van der Waals surface area contributed by atoms with Gasteiger partial charge in [0.05, 0.1) is 10.5 Å². The van der Waals surface area contributed by atoms with Crippen molar-refractivity contribution in [2.75, 3.05) is 0 Å².